The number of esters is 2. The smallest absolute Gasteiger partial charge is 0.462 e. The minimum atomic E-state index is -4.64. The molecule has 0 aliphatic heterocycles. The number of allylic oxidation sites excluding steroid dienone is 11. The number of phosphoric ester groups is 1. The number of aliphatic hydroxyl groups is 2. The Kier molecular flexibility index (Phi) is 39.7. The Balaban J connectivity index is 4.42. The first-order valence-electron chi connectivity index (χ1n) is 21.9. The minimum absolute atomic E-state index is 0.0575. The van der Waals surface area contributed by atoms with E-state index in [1.807, 2.05) is 18.2 Å². The van der Waals surface area contributed by atoms with Crippen molar-refractivity contribution in [2.75, 3.05) is 26.4 Å². The van der Waals surface area contributed by atoms with E-state index in [2.05, 4.69) is 66.6 Å². The van der Waals surface area contributed by atoms with Crippen LogP contribution < -0.4 is 0 Å². The number of phosphoric acid groups is 1. The van der Waals surface area contributed by atoms with E-state index in [9.17, 15) is 24.2 Å². The quantitative estimate of drug-likeness (QED) is 0.0235. The van der Waals surface area contributed by atoms with Gasteiger partial charge < -0.3 is 24.6 Å². The maximum absolute atomic E-state index is 12.6. The fourth-order valence-electron chi connectivity index (χ4n) is 5.60. The van der Waals surface area contributed by atoms with E-state index in [0.717, 1.165) is 51.4 Å². The molecule has 3 atom stereocenters. The van der Waals surface area contributed by atoms with Gasteiger partial charge in [0.2, 0.25) is 0 Å². The van der Waals surface area contributed by atoms with Crippen molar-refractivity contribution >= 4 is 19.8 Å². The van der Waals surface area contributed by atoms with Crippen LogP contribution in [0.4, 0.5) is 0 Å². The van der Waals surface area contributed by atoms with Crippen molar-refractivity contribution in [3.63, 3.8) is 0 Å². The maximum Gasteiger partial charge on any atom is 0.472 e. The summed E-state index contributed by atoms with van der Waals surface area (Å²) in [5, 5.41) is 18.3. The summed E-state index contributed by atoms with van der Waals surface area (Å²) >= 11 is 0. The second kappa shape index (κ2) is 41.6. The van der Waals surface area contributed by atoms with Gasteiger partial charge in [0.05, 0.1) is 19.8 Å². The molecule has 0 spiro atoms. The number of unbranched alkanes of at least 4 members (excludes halogenated alkanes) is 16. The number of rotatable bonds is 41. The van der Waals surface area contributed by atoms with Crippen LogP contribution in [0, 0.1) is 0 Å². The lowest BCUT2D eigenvalue weighted by Gasteiger charge is -2.20. The van der Waals surface area contributed by atoms with Crippen molar-refractivity contribution in [3.05, 3.63) is 73.4 Å². The highest BCUT2D eigenvalue weighted by atomic mass is 31.2. The van der Waals surface area contributed by atoms with Gasteiger partial charge in [-0.15, -0.1) is 6.58 Å². The Hall–Kier alpha value is -2.59. The second-order valence-corrected chi connectivity index (χ2v) is 15.9. The monoisotopic (exact) mass is 823 g/mol. The van der Waals surface area contributed by atoms with Crippen LogP contribution in [0.1, 0.15) is 167 Å². The highest BCUT2D eigenvalue weighted by molar-refractivity contribution is 7.47. The van der Waals surface area contributed by atoms with Gasteiger partial charge in [-0.1, -0.05) is 157 Å². The van der Waals surface area contributed by atoms with Gasteiger partial charge in [-0.2, -0.15) is 0 Å². The van der Waals surface area contributed by atoms with Crippen LogP contribution >= 0.6 is 7.82 Å². The molecule has 0 bridgehead atoms. The van der Waals surface area contributed by atoms with Gasteiger partial charge in [0.1, 0.15) is 12.7 Å². The van der Waals surface area contributed by atoms with E-state index in [0.29, 0.717) is 12.8 Å². The van der Waals surface area contributed by atoms with Crippen molar-refractivity contribution in [1.82, 2.24) is 0 Å². The number of hydrogen-bond acceptors (Lipinski definition) is 9. The molecule has 0 saturated carbocycles. The second-order valence-electron chi connectivity index (χ2n) is 14.4. The molecule has 0 aromatic heterocycles. The van der Waals surface area contributed by atoms with Gasteiger partial charge in [0, 0.05) is 12.8 Å². The van der Waals surface area contributed by atoms with Gasteiger partial charge in [-0.3, -0.25) is 18.6 Å². The zero-order chi connectivity index (χ0) is 41.9. The Morgan fingerprint density at radius 1 is 0.579 bits per heavy atom. The zero-order valence-corrected chi connectivity index (χ0v) is 36.3. The molecule has 0 heterocycles. The molecule has 10 nitrogen and oxygen atoms in total. The Labute approximate surface area is 346 Å². The van der Waals surface area contributed by atoms with E-state index >= 15 is 0 Å². The van der Waals surface area contributed by atoms with Crippen LogP contribution in [-0.4, -0.2) is 65.7 Å². The molecule has 3 N–H and O–H groups in total. The Bertz CT molecular complexity index is 1160. The van der Waals surface area contributed by atoms with Gasteiger partial charge in [0.25, 0.3) is 0 Å². The molecule has 0 saturated heterocycles. The van der Waals surface area contributed by atoms with Crippen molar-refractivity contribution in [2.45, 2.75) is 180 Å². The zero-order valence-electron chi connectivity index (χ0n) is 35.4. The molecule has 328 valence electrons. The summed E-state index contributed by atoms with van der Waals surface area (Å²) < 4.78 is 32.6. The van der Waals surface area contributed by atoms with Gasteiger partial charge in [-0.25, -0.2) is 4.57 Å². The molecule has 0 aliphatic carbocycles. The van der Waals surface area contributed by atoms with E-state index in [-0.39, 0.29) is 19.4 Å². The van der Waals surface area contributed by atoms with Gasteiger partial charge in [0.15, 0.2) is 6.10 Å². The van der Waals surface area contributed by atoms with Crippen LogP contribution in [0.3, 0.4) is 0 Å². The first-order chi connectivity index (χ1) is 27.7. The van der Waals surface area contributed by atoms with Gasteiger partial charge >= 0.3 is 19.8 Å². The number of ether oxygens (including phenoxy) is 2. The first kappa shape index (κ1) is 54.4. The van der Waals surface area contributed by atoms with Crippen LogP contribution in [-0.2, 0) is 32.7 Å². The average molecular weight is 823 g/mol. The third-order valence-electron chi connectivity index (χ3n) is 8.99. The van der Waals surface area contributed by atoms with Gasteiger partial charge in [-0.05, 0) is 64.2 Å². The molecular formula is C46H79O10P. The molecule has 0 amide bonds. The molecule has 0 radical (unpaired) electrons. The third-order valence-corrected chi connectivity index (χ3v) is 9.94. The number of carbonyl (C=O) groups is 2. The third kappa shape index (κ3) is 41.4. The molecule has 57 heavy (non-hydrogen) atoms. The summed E-state index contributed by atoms with van der Waals surface area (Å²) in [5.74, 6) is -1.03. The summed E-state index contributed by atoms with van der Waals surface area (Å²) in [6, 6.07) is 0. The lowest BCUT2D eigenvalue weighted by Crippen LogP contribution is -2.29. The van der Waals surface area contributed by atoms with Crippen LogP contribution in [0.5, 0.6) is 0 Å². The highest BCUT2D eigenvalue weighted by Gasteiger charge is 2.27. The van der Waals surface area contributed by atoms with E-state index in [4.69, 9.17) is 19.1 Å². The molecule has 0 fully saturated rings. The van der Waals surface area contributed by atoms with E-state index < -0.39 is 51.8 Å². The molecule has 0 aromatic rings. The predicted molar refractivity (Wildman–Crippen MR) is 233 cm³/mol. The Morgan fingerprint density at radius 3 is 1.54 bits per heavy atom. The molecular weight excluding hydrogens is 743 g/mol. The largest absolute Gasteiger partial charge is 0.472 e. The highest BCUT2D eigenvalue weighted by Crippen LogP contribution is 2.43. The SMILES string of the molecule is C=CCCCCCCCCCCCCCCCC(=O)OC[C@H](COP(=O)(O)OC[C@@H](O)CO)OC(=O)CC/C=C/C/C=C/C/C=C/C/C=C/C/C=C/CCCCC. The molecule has 0 aliphatic rings. The fraction of sp³-hybridized carbons (Fsp3) is 0.696. The van der Waals surface area contributed by atoms with Crippen molar-refractivity contribution < 1.29 is 47.8 Å². The lowest BCUT2D eigenvalue weighted by molar-refractivity contribution is -0.161. The number of carbonyl (C=O) groups excluding carboxylic acids is 2. The summed E-state index contributed by atoms with van der Waals surface area (Å²) in [6.07, 6.45) is 46.3. The lowest BCUT2D eigenvalue weighted by atomic mass is 10.0. The van der Waals surface area contributed by atoms with Crippen molar-refractivity contribution in [3.8, 4) is 0 Å². The summed E-state index contributed by atoms with van der Waals surface area (Å²) in [7, 11) is -4.64. The predicted octanol–water partition coefficient (Wildman–Crippen LogP) is 11.7. The average Bonchev–Trinajstić information content (AvgIpc) is 3.20. The van der Waals surface area contributed by atoms with E-state index in [1.165, 1.54) is 83.5 Å². The van der Waals surface area contributed by atoms with Crippen molar-refractivity contribution in [2.24, 2.45) is 0 Å². The summed E-state index contributed by atoms with van der Waals surface area (Å²) in [4.78, 5) is 35.0. The summed E-state index contributed by atoms with van der Waals surface area (Å²) in [6.45, 7) is 3.78. The molecule has 0 aromatic carbocycles. The Morgan fingerprint density at radius 2 is 1.04 bits per heavy atom. The number of hydrogen-bond donors (Lipinski definition) is 3. The van der Waals surface area contributed by atoms with Crippen LogP contribution in [0.2, 0.25) is 0 Å². The normalized spacial score (nSPS) is 14.3. The minimum Gasteiger partial charge on any atom is -0.462 e. The first-order valence-corrected chi connectivity index (χ1v) is 23.3. The summed E-state index contributed by atoms with van der Waals surface area (Å²) in [5.41, 5.74) is 0. The topological polar surface area (TPSA) is 149 Å². The van der Waals surface area contributed by atoms with Crippen molar-refractivity contribution in [1.29, 1.82) is 0 Å². The van der Waals surface area contributed by atoms with Crippen LogP contribution in [0.25, 0.3) is 0 Å². The van der Waals surface area contributed by atoms with E-state index in [1.54, 1.807) is 0 Å². The standard InChI is InChI=1S/C46H79O10P/c1-3-5-7-9-11-13-15-17-19-20-21-22-24-26-28-30-32-34-36-38-46(50)56-44(42-55-57(51,52)54-40-43(48)39-47)41-53-45(49)37-35-33-31-29-27-25-23-18-16-14-12-10-8-6-4-2/h4,11,13,17,19,21-22,26,28,32,34,43-44,47-48H,2-3,5-10,12,14-16,18,20,23-25,27,29-31,33,35-42H2,1H3,(H,51,52)/b13-11+,19-17+,22-21+,28-26+,34-32+/t43-,44+/m0/s1. The molecule has 0 rings (SSSR count). The fourth-order valence-corrected chi connectivity index (χ4v) is 6.39. The molecule has 1 unspecified atom stereocenters. The molecule has 11 heteroatoms. The number of aliphatic hydroxyl groups excluding tert-OH is 2. The maximum atomic E-state index is 12.6. The van der Waals surface area contributed by atoms with Crippen LogP contribution in [0.15, 0.2) is 73.4 Å².